The van der Waals surface area contributed by atoms with Gasteiger partial charge in [0.1, 0.15) is 0 Å². The second-order valence-electron chi connectivity index (χ2n) is 15.1. The lowest BCUT2D eigenvalue weighted by Gasteiger charge is -2.36. The number of urea groups is 1. The predicted octanol–water partition coefficient (Wildman–Crippen LogP) is 8.64. The maximum absolute atomic E-state index is 14.0. The Kier molecular flexibility index (Phi) is 11.3. The highest BCUT2D eigenvalue weighted by molar-refractivity contribution is 6.05. The molecule has 0 unspecified atom stereocenters. The fraction of sp³-hybridized carbons (Fsp3) is 0.279. The molecular formula is C43H40F6N12O. The Labute approximate surface area is 352 Å². The first-order valence-corrected chi connectivity index (χ1v) is 19.6. The molecule has 2 fully saturated rings. The number of hydrogen-bond donors (Lipinski definition) is 3. The summed E-state index contributed by atoms with van der Waals surface area (Å²) >= 11 is 0. The van der Waals surface area contributed by atoms with Gasteiger partial charge < -0.3 is 26.2 Å². The average molecular weight is 855 g/mol. The number of halogens is 6. The number of pyridine rings is 6. The summed E-state index contributed by atoms with van der Waals surface area (Å²) in [4.78, 5) is 43.2. The number of hydrogen-bond acceptors (Lipinski definition) is 11. The molecule has 2 amide bonds. The summed E-state index contributed by atoms with van der Waals surface area (Å²) in [5, 5.41) is 6.03. The van der Waals surface area contributed by atoms with Gasteiger partial charge in [0.2, 0.25) is 0 Å². The van der Waals surface area contributed by atoms with Crippen LogP contribution in [0.5, 0.6) is 0 Å². The van der Waals surface area contributed by atoms with Crippen molar-refractivity contribution in [3.63, 3.8) is 0 Å². The van der Waals surface area contributed by atoms with Crippen molar-refractivity contribution >= 4 is 40.4 Å². The van der Waals surface area contributed by atoms with Crippen LogP contribution in [0.25, 0.3) is 22.5 Å². The second kappa shape index (κ2) is 16.8. The number of nitrogen functional groups attached to an aromatic ring is 1. The number of fused-ring (bicyclic) bond motifs is 8. The van der Waals surface area contributed by atoms with Gasteiger partial charge in [-0.2, -0.15) is 26.3 Å². The van der Waals surface area contributed by atoms with Crippen LogP contribution in [0.4, 0.5) is 65.5 Å². The van der Waals surface area contributed by atoms with Crippen LogP contribution in [-0.4, -0.2) is 74.2 Å². The van der Waals surface area contributed by atoms with E-state index in [9.17, 15) is 31.1 Å². The van der Waals surface area contributed by atoms with Crippen LogP contribution in [0.2, 0.25) is 0 Å². The highest BCUT2D eigenvalue weighted by Gasteiger charge is 2.44. The van der Waals surface area contributed by atoms with Crippen molar-refractivity contribution in [1.29, 1.82) is 0 Å². The molecule has 10 heterocycles. The number of nitrogens with two attached hydrogens (primary N) is 1. The zero-order valence-corrected chi connectivity index (χ0v) is 33.4. The normalized spacial score (nSPS) is 17.1. The molecule has 13 nitrogen and oxygen atoms in total. The number of rotatable bonds is 3. The molecule has 4 aliphatic rings. The van der Waals surface area contributed by atoms with Crippen LogP contribution >= 0.6 is 0 Å². The number of aromatic nitrogens is 6. The first-order chi connectivity index (χ1) is 29.6. The first kappa shape index (κ1) is 41.7. The summed E-state index contributed by atoms with van der Waals surface area (Å²) in [5.41, 5.74) is 7.51. The number of carbonyl (C=O) groups excluding carboxylic acids is 1. The molecule has 6 aromatic rings. The van der Waals surface area contributed by atoms with Crippen molar-refractivity contribution in [2.24, 2.45) is 0 Å². The number of amides is 2. The van der Waals surface area contributed by atoms with Crippen LogP contribution in [0.15, 0.2) is 97.8 Å². The summed E-state index contributed by atoms with van der Waals surface area (Å²) in [5.74, 6) is 0.742. The molecule has 4 bridgehead atoms. The standard InChI is InChI=1S/C22H19F3N6O.C16H15F3N4.C5H6N2/c1-13-4-5-14(10-27-13)19-17(22(23,24)25)9-18-20(29-19)31(16-6-8-30(18)12-16)21(32)28-15-3-2-7-26-11-15;1-9-2-3-10(7-20-9)14-12(16(17,18)19)6-13-15(22-14)21-11-4-5-23(13)8-11;6-5-2-1-3-7-4-5/h2-5,7,9-11,16H,6,8,12H2,1H3,(H,28,32);2-3,6-7,11H,4-5,8H2,1H3,(H,21,22);1-4H,6H2/t16-;11-;/m00./s1. The van der Waals surface area contributed by atoms with Crippen LogP contribution in [-0.2, 0) is 12.4 Å². The Balaban J connectivity index is 0.000000153. The maximum Gasteiger partial charge on any atom is 0.418 e. The first-order valence-electron chi connectivity index (χ1n) is 19.6. The van der Waals surface area contributed by atoms with Gasteiger partial charge in [0, 0.05) is 85.7 Å². The van der Waals surface area contributed by atoms with Gasteiger partial charge in [0.15, 0.2) is 11.6 Å². The summed E-state index contributed by atoms with van der Waals surface area (Å²) in [6, 6.07) is 15.4. The van der Waals surface area contributed by atoms with E-state index in [0.29, 0.717) is 59.3 Å². The van der Waals surface area contributed by atoms with Gasteiger partial charge in [-0.1, -0.05) is 0 Å². The van der Waals surface area contributed by atoms with Gasteiger partial charge in [-0.3, -0.25) is 24.8 Å². The topological polar surface area (TPSA) is 154 Å². The summed E-state index contributed by atoms with van der Waals surface area (Å²) in [7, 11) is 0. The van der Waals surface area contributed by atoms with Gasteiger partial charge in [-0.25, -0.2) is 14.8 Å². The highest BCUT2D eigenvalue weighted by atomic mass is 19.4. The van der Waals surface area contributed by atoms with E-state index >= 15 is 0 Å². The molecule has 4 N–H and O–H groups in total. The number of carbonyl (C=O) groups is 1. The molecule has 0 saturated carbocycles. The number of aryl methyl sites for hydroxylation is 2. The lowest BCUT2D eigenvalue weighted by atomic mass is 10.0. The number of nitrogens with one attached hydrogen (secondary N) is 2. The summed E-state index contributed by atoms with van der Waals surface area (Å²) in [6.07, 6.45) is 1.69. The van der Waals surface area contributed by atoms with E-state index in [1.54, 1.807) is 81.0 Å². The molecule has 6 aromatic heterocycles. The quantitative estimate of drug-likeness (QED) is 0.147. The van der Waals surface area contributed by atoms with Crippen molar-refractivity contribution in [2.45, 2.75) is 51.1 Å². The maximum atomic E-state index is 14.0. The van der Waals surface area contributed by atoms with E-state index < -0.39 is 29.5 Å². The predicted molar refractivity (Wildman–Crippen MR) is 224 cm³/mol. The van der Waals surface area contributed by atoms with Gasteiger partial charge in [0.05, 0.1) is 57.5 Å². The van der Waals surface area contributed by atoms with Crippen molar-refractivity contribution < 1.29 is 31.1 Å². The third-order valence-corrected chi connectivity index (χ3v) is 10.7. The van der Waals surface area contributed by atoms with E-state index in [-0.39, 0.29) is 34.9 Å². The molecule has 10 rings (SSSR count). The molecule has 0 spiro atoms. The van der Waals surface area contributed by atoms with Crippen LogP contribution in [0.3, 0.4) is 0 Å². The molecule has 0 aromatic carbocycles. The highest BCUT2D eigenvalue weighted by Crippen LogP contribution is 2.46. The zero-order valence-electron chi connectivity index (χ0n) is 33.4. The molecule has 4 aliphatic heterocycles. The second-order valence-corrected chi connectivity index (χ2v) is 15.1. The van der Waals surface area contributed by atoms with Crippen LogP contribution in [0.1, 0.15) is 35.4 Å². The number of anilines is 6. The van der Waals surface area contributed by atoms with Crippen molar-refractivity contribution in [3.8, 4) is 22.5 Å². The summed E-state index contributed by atoms with van der Waals surface area (Å²) in [6.45, 7) is 6.05. The third kappa shape index (κ3) is 8.87. The smallest absolute Gasteiger partial charge is 0.397 e. The minimum absolute atomic E-state index is 0.0706. The molecule has 2 atom stereocenters. The molecule has 320 valence electrons. The fourth-order valence-electron chi connectivity index (χ4n) is 7.73. The molecule has 0 aliphatic carbocycles. The Morgan fingerprint density at radius 1 is 0.742 bits per heavy atom. The molecule has 19 heteroatoms. The van der Waals surface area contributed by atoms with Crippen molar-refractivity contribution in [1.82, 2.24) is 29.9 Å². The molecule has 2 saturated heterocycles. The minimum Gasteiger partial charge on any atom is -0.397 e. The van der Waals surface area contributed by atoms with Crippen LogP contribution in [0, 0.1) is 13.8 Å². The minimum atomic E-state index is -4.61. The van der Waals surface area contributed by atoms with Gasteiger partial charge in [-0.15, -0.1) is 0 Å². The van der Waals surface area contributed by atoms with E-state index in [1.807, 2.05) is 9.80 Å². The number of alkyl halides is 6. The Bertz CT molecular complexity index is 2540. The lowest BCUT2D eigenvalue weighted by molar-refractivity contribution is -0.138. The third-order valence-electron chi connectivity index (χ3n) is 10.7. The Morgan fingerprint density at radius 2 is 1.34 bits per heavy atom. The SMILES string of the molecule is Cc1ccc(-c2nc3c(cc2C(F)(F)F)N2CC[C@@H](C2)N3)cn1.Cc1ccc(-c2nc3c(cc2C(F)(F)F)N2CC[C@@H](C2)N3C(=O)Nc2cccnc2)cn1.Nc1cccnc1. The fourth-order valence-corrected chi connectivity index (χ4v) is 7.73. The molecule has 62 heavy (non-hydrogen) atoms. The van der Waals surface area contributed by atoms with Gasteiger partial charge in [0.25, 0.3) is 0 Å². The largest absolute Gasteiger partial charge is 0.418 e. The average Bonchev–Trinajstić information content (AvgIpc) is 3.85. The van der Waals surface area contributed by atoms with Crippen molar-refractivity contribution in [3.05, 3.63) is 120 Å². The van der Waals surface area contributed by atoms with Gasteiger partial charge >= 0.3 is 18.4 Å². The van der Waals surface area contributed by atoms with Crippen molar-refractivity contribution in [2.75, 3.05) is 57.2 Å². The van der Waals surface area contributed by atoms with Crippen LogP contribution < -0.4 is 31.1 Å². The Morgan fingerprint density at radius 3 is 1.89 bits per heavy atom. The zero-order chi connectivity index (χ0) is 43.8. The van der Waals surface area contributed by atoms with E-state index in [4.69, 9.17) is 5.73 Å². The lowest BCUT2D eigenvalue weighted by Crippen LogP contribution is -2.48. The van der Waals surface area contributed by atoms with E-state index in [2.05, 4.69) is 40.5 Å². The molecular weight excluding hydrogens is 815 g/mol. The molecule has 0 radical (unpaired) electrons. The van der Waals surface area contributed by atoms with E-state index in [1.165, 1.54) is 29.6 Å². The summed E-state index contributed by atoms with van der Waals surface area (Å²) < 4.78 is 82.5. The van der Waals surface area contributed by atoms with E-state index in [0.717, 1.165) is 31.3 Å². The van der Waals surface area contributed by atoms with Gasteiger partial charge in [-0.05, 0) is 87.4 Å². The Hall–Kier alpha value is -7.05. The monoisotopic (exact) mass is 854 g/mol. The number of nitrogens with zero attached hydrogens (tertiary/aromatic N) is 9.